The van der Waals surface area contributed by atoms with E-state index in [0.29, 0.717) is 0 Å². The fourth-order valence-corrected chi connectivity index (χ4v) is 3.09. The lowest BCUT2D eigenvalue weighted by molar-refractivity contribution is 0.785. The number of nitrogens with zero attached hydrogens (tertiary/aromatic N) is 3. The molecule has 0 amide bonds. The number of hydrogen-bond acceptors (Lipinski definition) is 2. The molecule has 0 radical (unpaired) electrons. The molecule has 0 atom stereocenters. The van der Waals surface area contributed by atoms with E-state index in [1.165, 1.54) is 22.3 Å². The molecule has 0 fully saturated rings. The molecule has 0 spiro atoms. The molecule has 28 heavy (non-hydrogen) atoms. The van der Waals surface area contributed by atoms with Gasteiger partial charge < -0.3 is 15.2 Å². The van der Waals surface area contributed by atoms with Crippen molar-refractivity contribution < 1.29 is 0 Å². The number of aryl methyl sites for hydroxylation is 1. The Morgan fingerprint density at radius 3 is 2.46 bits per heavy atom. The molecular weight excluding hydrogens is 461 g/mol. The van der Waals surface area contributed by atoms with Crippen LogP contribution in [0.2, 0.25) is 0 Å². The van der Waals surface area contributed by atoms with Crippen molar-refractivity contribution in [3.8, 4) is 0 Å². The first-order chi connectivity index (χ1) is 13.3. The van der Waals surface area contributed by atoms with Gasteiger partial charge in [0.2, 0.25) is 0 Å². The monoisotopic (exact) mass is 489 g/mol. The molecule has 2 N–H and O–H groups in total. The Morgan fingerprint density at radius 1 is 1.00 bits per heavy atom. The summed E-state index contributed by atoms with van der Waals surface area (Å²) in [5, 5.41) is 6.81. The van der Waals surface area contributed by atoms with Crippen LogP contribution in [0.15, 0.2) is 72.2 Å². The van der Waals surface area contributed by atoms with Crippen molar-refractivity contribution in [3.05, 3.63) is 89.5 Å². The lowest BCUT2D eigenvalue weighted by Crippen LogP contribution is -2.36. The SMILES string of the molecule is CCc1ccccc1CNC(=NC)NCc1cccc(Cn2ccnc2)c1.I. The van der Waals surface area contributed by atoms with Crippen LogP contribution in [0.4, 0.5) is 0 Å². The first-order valence-electron chi connectivity index (χ1n) is 9.33. The average molecular weight is 489 g/mol. The maximum absolute atomic E-state index is 4.34. The van der Waals surface area contributed by atoms with Gasteiger partial charge in [0, 0.05) is 39.1 Å². The maximum atomic E-state index is 4.34. The Labute approximate surface area is 184 Å². The molecule has 148 valence electrons. The second kappa shape index (κ2) is 11.5. The van der Waals surface area contributed by atoms with Crippen LogP contribution >= 0.6 is 24.0 Å². The summed E-state index contributed by atoms with van der Waals surface area (Å²) in [5.74, 6) is 0.806. The smallest absolute Gasteiger partial charge is 0.191 e. The number of benzene rings is 2. The number of nitrogens with one attached hydrogen (secondary N) is 2. The first-order valence-corrected chi connectivity index (χ1v) is 9.33. The lowest BCUT2D eigenvalue weighted by Gasteiger charge is -2.14. The van der Waals surface area contributed by atoms with Crippen LogP contribution in [0.1, 0.15) is 29.2 Å². The number of imidazole rings is 1. The highest BCUT2D eigenvalue weighted by Gasteiger charge is 2.03. The third-order valence-electron chi connectivity index (χ3n) is 4.54. The van der Waals surface area contributed by atoms with E-state index in [1.807, 2.05) is 12.5 Å². The largest absolute Gasteiger partial charge is 0.352 e. The van der Waals surface area contributed by atoms with Gasteiger partial charge in [0.25, 0.3) is 0 Å². The molecule has 0 unspecified atom stereocenters. The molecule has 0 aliphatic carbocycles. The molecule has 1 heterocycles. The molecule has 3 aromatic rings. The van der Waals surface area contributed by atoms with Gasteiger partial charge in [-0.15, -0.1) is 24.0 Å². The Kier molecular flexibility index (Phi) is 9.00. The molecule has 1 aromatic heterocycles. The zero-order chi connectivity index (χ0) is 18.9. The van der Waals surface area contributed by atoms with Crippen LogP contribution < -0.4 is 10.6 Å². The minimum Gasteiger partial charge on any atom is -0.352 e. The highest BCUT2D eigenvalue weighted by atomic mass is 127. The van der Waals surface area contributed by atoms with E-state index in [2.05, 4.69) is 80.6 Å². The van der Waals surface area contributed by atoms with E-state index in [-0.39, 0.29) is 24.0 Å². The summed E-state index contributed by atoms with van der Waals surface area (Å²) in [6, 6.07) is 17.1. The number of hydrogen-bond donors (Lipinski definition) is 2. The number of halogens is 1. The van der Waals surface area contributed by atoms with E-state index < -0.39 is 0 Å². The van der Waals surface area contributed by atoms with Crippen LogP contribution in [0.5, 0.6) is 0 Å². The standard InChI is InChI=1S/C22H27N5.HI/c1-3-20-9-4-5-10-21(20)15-26-22(23-2)25-14-18-7-6-8-19(13-18)16-27-12-11-24-17-27;/h4-13,17H,3,14-16H2,1-2H3,(H2,23,25,26);1H. The van der Waals surface area contributed by atoms with Crippen LogP contribution in [0.3, 0.4) is 0 Å². The number of aromatic nitrogens is 2. The van der Waals surface area contributed by atoms with E-state index in [4.69, 9.17) is 0 Å². The minimum atomic E-state index is 0. The van der Waals surface area contributed by atoms with Gasteiger partial charge in [-0.3, -0.25) is 4.99 Å². The van der Waals surface area contributed by atoms with Crippen molar-refractivity contribution in [2.75, 3.05) is 7.05 Å². The van der Waals surface area contributed by atoms with Crippen molar-refractivity contribution in [3.63, 3.8) is 0 Å². The molecule has 2 aromatic carbocycles. The van der Waals surface area contributed by atoms with E-state index >= 15 is 0 Å². The van der Waals surface area contributed by atoms with Gasteiger partial charge in [-0.25, -0.2) is 4.98 Å². The normalized spacial score (nSPS) is 11.0. The lowest BCUT2D eigenvalue weighted by atomic mass is 10.1. The molecule has 0 bridgehead atoms. The molecule has 5 nitrogen and oxygen atoms in total. The summed E-state index contributed by atoms with van der Waals surface area (Å²) in [4.78, 5) is 8.43. The predicted octanol–water partition coefficient (Wildman–Crippen LogP) is 3.98. The molecule has 0 aliphatic heterocycles. The molecule has 6 heteroatoms. The summed E-state index contributed by atoms with van der Waals surface area (Å²) < 4.78 is 2.07. The molecule has 0 aliphatic rings. The molecule has 3 rings (SSSR count). The van der Waals surface area contributed by atoms with Crippen LogP contribution in [-0.2, 0) is 26.1 Å². The van der Waals surface area contributed by atoms with Crippen LogP contribution in [0, 0.1) is 0 Å². The van der Waals surface area contributed by atoms with Crippen molar-refractivity contribution in [1.82, 2.24) is 20.2 Å². The second-order valence-corrected chi connectivity index (χ2v) is 6.46. The van der Waals surface area contributed by atoms with Gasteiger partial charge in [-0.2, -0.15) is 0 Å². The highest BCUT2D eigenvalue weighted by Crippen LogP contribution is 2.09. The quantitative estimate of drug-likeness (QED) is 0.300. The number of aliphatic imine (C=N–C) groups is 1. The van der Waals surface area contributed by atoms with Crippen molar-refractivity contribution in [1.29, 1.82) is 0 Å². The van der Waals surface area contributed by atoms with Crippen LogP contribution in [-0.4, -0.2) is 22.6 Å². The average Bonchev–Trinajstić information content (AvgIpc) is 3.21. The fourth-order valence-electron chi connectivity index (χ4n) is 3.09. The Bertz CT molecular complexity index is 874. The Hall–Kier alpha value is -2.35. The molecular formula is C22H28IN5. The van der Waals surface area contributed by atoms with Crippen molar-refractivity contribution >= 4 is 29.9 Å². The zero-order valence-corrected chi connectivity index (χ0v) is 18.8. The van der Waals surface area contributed by atoms with Crippen molar-refractivity contribution in [2.45, 2.75) is 33.0 Å². The number of rotatable bonds is 7. The predicted molar refractivity (Wildman–Crippen MR) is 126 cm³/mol. The van der Waals surface area contributed by atoms with Gasteiger partial charge in [-0.1, -0.05) is 55.5 Å². The van der Waals surface area contributed by atoms with Gasteiger partial charge >= 0.3 is 0 Å². The highest BCUT2D eigenvalue weighted by molar-refractivity contribution is 14.0. The summed E-state index contributed by atoms with van der Waals surface area (Å²) in [6.45, 7) is 4.51. The molecule has 0 saturated carbocycles. The summed E-state index contributed by atoms with van der Waals surface area (Å²) in [7, 11) is 1.80. The first kappa shape index (κ1) is 21.9. The Morgan fingerprint density at radius 2 is 1.75 bits per heavy atom. The van der Waals surface area contributed by atoms with Gasteiger partial charge in [0.1, 0.15) is 0 Å². The number of guanidine groups is 1. The van der Waals surface area contributed by atoms with E-state index in [0.717, 1.165) is 32.0 Å². The van der Waals surface area contributed by atoms with E-state index in [9.17, 15) is 0 Å². The third kappa shape index (κ3) is 6.37. The second-order valence-electron chi connectivity index (χ2n) is 6.46. The van der Waals surface area contributed by atoms with Crippen LogP contribution in [0.25, 0.3) is 0 Å². The van der Waals surface area contributed by atoms with Gasteiger partial charge in [0.15, 0.2) is 5.96 Å². The third-order valence-corrected chi connectivity index (χ3v) is 4.54. The summed E-state index contributed by atoms with van der Waals surface area (Å²) in [5.41, 5.74) is 5.16. The minimum absolute atomic E-state index is 0. The Balaban J connectivity index is 0.00000280. The van der Waals surface area contributed by atoms with Gasteiger partial charge in [-0.05, 0) is 28.7 Å². The maximum Gasteiger partial charge on any atom is 0.191 e. The molecule has 0 saturated heterocycles. The van der Waals surface area contributed by atoms with Crippen molar-refractivity contribution in [2.24, 2.45) is 4.99 Å². The topological polar surface area (TPSA) is 54.2 Å². The summed E-state index contributed by atoms with van der Waals surface area (Å²) in [6.07, 6.45) is 6.65. The van der Waals surface area contributed by atoms with Gasteiger partial charge in [0.05, 0.1) is 6.33 Å². The fraction of sp³-hybridized carbons (Fsp3) is 0.273. The van der Waals surface area contributed by atoms with E-state index in [1.54, 1.807) is 13.2 Å². The summed E-state index contributed by atoms with van der Waals surface area (Å²) >= 11 is 0. The zero-order valence-electron chi connectivity index (χ0n) is 16.4.